The molecular weight excluding hydrogens is 314 g/mol. The number of hydrogen-bond acceptors (Lipinski definition) is 5. The van der Waals surface area contributed by atoms with Gasteiger partial charge in [0.1, 0.15) is 5.75 Å². The Hall–Kier alpha value is -2.51. The fraction of sp³-hybridized carbons (Fsp3) is 0.125. The molecule has 0 fully saturated rings. The highest BCUT2D eigenvalue weighted by Crippen LogP contribution is 2.20. The van der Waals surface area contributed by atoms with Crippen molar-refractivity contribution in [2.45, 2.75) is 4.90 Å². The highest BCUT2D eigenvalue weighted by atomic mass is 32.2. The first kappa shape index (κ1) is 15.4. The molecule has 23 heavy (non-hydrogen) atoms. The number of nitrogens with one attached hydrogen (secondary N) is 1. The van der Waals surface area contributed by atoms with Gasteiger partial charge in [-0.3, -0.25) is 0 Å². The Morgan fingerprint density at radius 3 is 2.61 bits per heavy atom. The normalized spacial score (nSPS) is 18.0. The number of rotatable bonds is 3. The molecule has 0 unspecified atom stereocenters. The number of nitrogens with zero attached hydrogens (tertiary/aromatic N) is 2. The zero-order valence-corrected chi connectivity index (χ0v) is 13.2. The van der Waals surface area contributed by atoms with Crippen LogP contribution in [0.15, 0.2) is 63.6 Å². The topological polar surface area (TPSA) is 80.1 Å². The Kier molecular flexibility index (Phi) is 4.22. The van der Waals surface area contributed by atoms with Crippen molar-refractivity contribution in [1.82, 2.24) is 4.72 Å². The van der Waals surface area contributed by atoms with Crippen molar-refractivity contribution in [2.24, 2.45) is 10.2 Å². The first-order chi connectivity index (χ1) is 11.1. The molecule has 1 aliphatic rings. The van der Waals surface area contributed by atoms with Gasteiger partial charge < -0.3 is 4.74 Å². The monoisotopic (exact) mass is 329 g/mol. The molecule has 6 nitrogen and oxygen atoms in total. The molecule has 7 heteroatoms. The molecule has 0 spiro atoms. The van der Waals surface area contributed by atoms with E-state index in [4.69, 9.17) is 4.74 Å². The van der Waals surface area contributed by atoms with Gasteiger partial charge in [0.05, 0.1) is 30.5 Å². The smallest absolute Gasteiger partial charge is 0.241 e. The van der Waals surface area contributed by atoms with Gasteiger partial charge in [-0.25, -0.2) is 13.1 Å². The van der Waals surface area contributed by atoms with Gasteiger partial charge in [0.15, 0.2) is 0 Å². The lowest BCUT2D eigenvalue weighted by atomic mass is 10.1. The zero-order valence-electron chi connectivity index (χ0n) is 12.4. The SMILES string of the molecule is COc1ccc(/C=N/N=C2\CNS(=O)(=O)c3ccccc32)cc1. The third-order valence-electron chi connectivity index (χ3n) is 3.42. The maximum atomic E-state index is 12.0. The van der Waals surface area contributed by atoms with Crippen molar-refractivity contribution >= 4 is 21.9 Å². The third-order valence-corrected chi connectivity index (χ3v) is 4.88. The Bertz CT molecular complexity index is 872. The van der Waals surface area contributed by atoms with E-state index in [0.29, 0.717) is 11.3 Å². The largest absolute Gasteiger partial charge is 0.497 e. The van der Waals surface area contributed by atoms with Crippen LogP contribution in [0, 0.1) is 0 Å². The predicted molar refractivity (Wildman–Crippen MR) is 88.8 cm³/mol. The van der Waals surface area contributed by atoms with Crippen LogP contribution in [-0.4, -0.2) is 34.0 Å². The van der Waals surface area contributed by atoms with E-state index in [2.05, 4.69) is 14.9 Å². The van der Waals surface area contributed by atoms with E-state index in [1.165, 1.54) is 0 Å². The number of sulfonamides is 1. The molecular formula is C16H15N3O3S. The molecule has 0 saturated heterocycles. The lowest BCUT2D eigenvalue weighted by Gasteiger charge is -2.17. The molecule has 0 bridgehead atoms. The minimum Gasteiger partial charge on any atom is -0.497 e. The van der Waals surface area contributed by atoms with Crippen molar-refractivity contribution < 1.29 is 13.2 Å². The number of methoxy groups -OCH3 is 1. The van der Waals surface area contributed by atoms with Crippen LogP contribution in [-0.2, 0) is 10.0 Å². The summed E-state index contributed by atoms with van der Waals surface area (Å²) in [6, 6.07) is 14.1. The number of hydrogen-bond donors (Lipinski definition) is 1. The number of fused-ring (bicyclic) bond motifs is 1. The molecule has 0 radical (unpaired) electrons. The minimum atomic E-state index is -3.46. The second-order valence-electron chi connectivity index (χ2n) is 4.89. The van der Waals surface area contributed by atoms with Gasteiger partial charge in [-0.05, 0) is 35.9 Å². The molecule has 3 rings (SSSR count). The maximum absolute atomic E-state index is 12.0. The van der Waals surface area contributed by atoms with E-state index < -0.39 is 10.0 Å². The molecule has 0 aliphatic carbocycles. The fourth-order valence-corrected chi connectivity index (χ4v) is 3.44. The molecule has 1 aliphatic heterocycles. The average molecular weight is 329 g/mol. The van der Waals surface area contributed by atoms with E-state index >= 15 is 0 Å². The second kappa shape index (κ2) is 6.31. The van der Waals surface area contributed by atoms with Crippen molar-refractivity contribution in [2.75, 3.05) is 13.7 Å². The number of benzene rings is 2. The average Bonchev–Trinajstić information content (AvgIpc) is 2.58. The van der Waals surface area contributed by atoms with E-state index in [9.17, 15) is 8.42 Å². The summed E-state index contributed by atoms with van der Waals surface area (Å²) in [4.78, 5) is 0.227. The molecule has 1 N–H and O–H groups in total. The highest BCUT2D eigenvalue weighted by Gasteiger charge is 2.26. The van der Waals surface area contributed by atoms with Crippen molar-refractivity contribution in [1.29, 1.82) is 0 Å². The van der Waals surface area contributed by atoms with E-state index in [0.717, 1.165) is 11.3 Å². The minimum absolute atomic E-state index is 0.124. The summed E-state index contributed by atoms with van der Waals surface area (Å²) in [6.45, 7) is 0.124. The summed E-state index contributed by atoms with van der Waals surface area (Å²) in [7, 11) is -1.85. The summed E-state index contributed by atoms with van der Waals surface area (Å²) >= 11 is 0. The van der Waals surface area contributed by atoms with Crippen LogP contribution in [0.1, 0.15) is 11.1 Å². The summed E-state index contributed by atoms with van der Waals surface area (Å²) in [6.07, 6.45) is 1.61. The van der Waals surface area contributed by atoms with Gasteiger partial charge in [0, 0.05) is 5.56 Å². The van der Waals surface area contributed by atoms with Crippen LogP contribution in [0.25, 0.3) is 0 Å². The van der Waals surface area contributed by atoms with Crippen LogP contribution < -0.4 is 9.46 Å². The van der Waals surface area contributed by atoms with Gasteiger partial charge in [0.25, 0.3) is 0 Å². The zero-order chi connectivity index (χ0) is 16.3. The lowest BCUT2D eigenvalue weighted by Crippen LogP contribution is -2.36. The van der Waals surface area contributed by atoms with Crippen molar-refractivity contribution in [3.63, 3.8) is 0 Å². The Labute approximate surface area is 134 Å². The van der Waals surface area contributed by atoms with Crippen molar-refractivity contribution in [3.8, 4) is 5.75 Å². The van der Waals surface area contributed by atoms with Crippen LogP contribution in [0.4, 0.5) is 0 Å². The van der Waals surface area contributed by atoms with Gasteiger partial charge in [0.2, 0.25) is 10.0 Å². The molecule has 2 aromatic carbocycles. The molecule has 118 valence electrons. The van der Waals surface area contributed by atoms with Crippen LogP contribution >= 0.6 is 0 Å². The van der Waals surface area contributed by atoms with E-state index in [-0.39, 0.29) is 11.4 Å². The predicted octanol–water partition coefficient (Wildman–Crippen LogP) is 1.81. The Balaban J connectivity index is 1.87. The molecule has 2 aromatic rings. The summed E-state index contributed by atoms with van der Waals surface area (Å²) < 4.78 is 31.5. The fourth-order valence-electron chi connectivity index (χ4n) is 2.22. The quantitative estimate of drug-likeness (QED) is 0.689. The Morgan fingerprint density at radius 2 is 1.87 bits per heavy atom. The van der Waals surface area contributed by atoms with Crippen molar-refractivity contribution in [3.05, 3.63) is 59.7 Å². The van der Waals surface area contributed by atoms with E-state index in [1.807, 2.05) is 24.3 Å². The molecule has 0 aromatic heterocycles. The van der Waals surface area contributed by atoms with Gasteiger partial charge >= 0.3 is 0 Å². The molecule has 0 atom stereocenters. The second-order valence-corrected chi connectivity index (χ2v) is 6.62. The first-order valence-corrected chi connectivity index (χ1v) is 8.41. The van der Waals surface area contributed by atoms with Crippen LogP contribution in [0.5, 0.6) is 5.75 Å². The molecule has 0 amide bonds. The van der Waals surface area contributed by atoms with E-state index in [1.54, 1.807) is 37.6 Å². The summed E-state index contributed by atoms with van der Waals surface area (Å²) in [5, 5.41) is 8.21. The lowest BCUT2D eigenvalue weighted by molar-refractivity contribution is 0.415. The Morgan fingerprint density at radius 1 is 1.13 bits per heavy atom. The summed E-state index contributed by atoms with van der Waals surface area (Å²) in [5.41, 5.74) is 2.04. The van der Waals surface area contributed by atoms with Crippen LogP contribution in [0.2, 0.25) is 0 Å². The van der Waals surface area contributed by atoms with Gasteiger partial charge in [-0.15, -0.1) is 0 Å². The molecule has 0 saturated carbocycles. The third kappa shape index (κ3) is 3.30. The first-order valence-electron chi connectivity index (χ1n) is 6.93. The summed E-state index contributed by atoms with van der Waals surface area (Å²) in [5.74, 6) is 0.768. The van der Waals surface area contributed by atoms with Gasteiger partial charge in [-0.2, -0.15) is 10.2 Å². The highest BCUT2D eigenvalue weighted by molar-refractivity contribution is 7.89. The van der Waals surface area contributed by atoms with Gasteiger partial charge in [-0.1, -0.05) is 18.2 Å². The maximum Gasteiger partial charge on any atom is 0.241 e. The van der Waals surface area contributed by atoms with Crippen LogP contribution in [0.3, 0.4) is 0 Å². The standard InChI is InChI=1S/C16H15N3O3S/c1-22-13-8-6-12(7-9-13)10-17-19-15-11-18-23(20,21)16-5-3-2-4-14(15)16/h2-10,18H,11H2,1H3/b17-10+,19-15+. The number of ether oxygens (including phenoxy) is 1. The molecule has 1 heterocycles.